The first-order valence-electron chi connectivity index (χ1n) is 7.00. The van der Waals surface area contributed by atoms with Gasteiger partial charge in [0, 0.05) is 32.6 Å². The monoisotopic (exact) mass is 322 g/mol. The number of hydrogen-bond donors (Lipinski definition) is 2. The van der Waals surface area contributed by atoms with Crippen LogP contribution in [-0.4, -0.2) is 50.6 Å². The highest BCUT2D eigenvalue weighted by Gasteiger charge is 2.24. The molecule has 0 aliphatic carbocycles. The molecule has 1 heterocycles. The van der Waals surface area contributed by atoms with Crippen molar-refractivity contribution in [2.24, 2.45) is 0 Å². The third kappa shape index (κ3) is 4.27. The van der Waals surface area contributed by atoms with Gasteiger partial charge in [-0.15, -0.1) is 0 Å². The van der Waals surface area contributed by atoms with Gasteiger partial charge in [-0.2, -0.15) is 9.57 Å². The molecule has 7 nitrogen and oxygen atoms in total. The Balaban J connectivity index is 1.91. The highest BCUT2D eigenvalue weighted by molar-refractivity contribution is 7.89. The maximum absolute atomic E-state index is 12.1. The standard InChI is InChI=1S/C14H18N4O3S/c15-11-12-3-1-2-4-13(12)17-14(19)5-10-22(20,21)18-8-6-16-7-9-18/h1-4,16H,5-10H2,(H,17,19). The predicted molar refractivity (Wildman–Crippen MR) is 82.6 cm³/mol. The van der Waals surface area contributed by atoms with Crippen molar-refractivity contribution in [2.75, 3.05) is 37.2 Å². The average molecular weight is 322 g/mol. The Hall–Kier alpha value is -1.95. The first kappa shape index (κ1) is 16.4. The minimum atomic E-state index is -3.42. The van der Waals surface area contributed by atoms with Gasteiger partial charge >= 0.3 is 0 Å². The van der Waals surface area contributed by atoms with Gasteiger partial charge in [-0.05, 0) is 12.1 Å². The molecule has 0 atom stereocenters. The summed E-state index contributed by atoms with van der Waals surface area (Å²) in [6, 6.07) is 8.58. The van der Waals surface area contributed by atoms with E-state index in [1.807, 2.05) is 6.07 Å². The smallest absolute Gasteiger partial charge is 0.225 e. The van der Waals surface area contributed by atoms with E-state index in [1.54, 1.807) is 24.3 Å². The van der Waals surface area contributed by atoms with Crippen LogP contribution in [-0.2, 0) is 14.8 Å². The first-order chi connectivity index (χ1) is 10.5. The quantitative estimate of drug-likeness (QED) is 0.802. The molecule has 1 saturated heterocycles. The lowest BCUT2D eigenvalue weighted by molar-refractivity contribution is -0.115. The van der Waals surface area contributed by atoms with Crippen molar-refractivity contribution in [2.45, 2.75) is 6.42 Å². The summed E-state index contributed by atoms with van der Waals surface area (Å²) in [5.74, 6) is -0.644. The molecule has 0 spiro atoms. The lowest BCUT2D eigenvalue weighted by atomic mass is 10.2. The number of nitrogens with zero attached hydrogens (tertiary/aromatic N) is 2. The summed E-state index contributed by atoms with van der Waals surface area (Å²) in [4.78, 5) is 11.9. The molecule has 0 unspecified atom stereocenters. The Morgan fingerprint density at radius 2 is 2.00 bits per heavy atom. The molecule has 1 fully saturated rings. The summed E-state index contributed by atoms with van der Waals surface area (Å²) in [5.41, 5.74) is 0.746. The van der Waals surface area contributed by atoms with Crippen molar-refractivity contribution in [3.8, 4) is 6.07 Å². The number of piperazine rings is 1. The molecule has 1 aromatic carbocycles. The molecule has 8 heteroatoms. The van der Waals surface area contributed by atoms with Gasteiger partial charge in [0.2, 0.25) is 15.9 Å². The molecule has 0 radical (unpaired) electrons. The number of nitriles is 1. The van der Waals surface area contributed by atoms with Crippen molar-refractivity contribution in [1.82, 2.24) is 9.62 Å². The maximum atomic E-state index is 12.1. The van der Waals surface area contributed by atoms with Gasteiger partial charge in [0.05, 0.1) is 17.0 Å². The number of para-hydroxylation sites is 1. The van der Waals surface area contributed by atoms with E-state index < -0.39 is 15.9 Å². The van der Waals surface area contributed by atoms with E-state index >= 15 is 0 Å². The van der Waals surface area contributed by atoms with E-state index in [-0.39, 0.29) is 12.2 Å². The second-order valence-corrected chi connectivity index (χ2v) is 7.01. The number of hydrogen-bond acceptors (Lipinski definition) is 5. The summed E-state index contributed by atoms with van der Waals surface area (Å²) < 4.78 is 25.7. The zero-order chi connectivity index (χ0) is 16.0. The topological polar surface area (TPSA) is 102 Å². The predicted octanol–water partition coefficient (Wildman–Crippen LogP) is 0.122. The Bertz CT molecular complexity index is 676. The van der Waals surface area contributed by atoms with Gasteiger partial charge < -0.3 is 10.6 Å². The van der Waals surface area contributed by atoms with E-state index in [4.69, 9.17) is 5.26 Å². The zero-order valence-electron chi connectivity index (χ0n) is 12.1. The molecule has 1 aromatic rings. The summed E-state index contributed by atoms with van der Waals surface area (Å²) in [5, 5.41) is 14.6. The van der Waals surface area contributed by atoms with Crippen LogP contribution in [0.3, 0.4) is 0 Å². The molecule has 22 heavy (non-hydrogen) atoms. The van der Waals surface area contributed by atoms with E-state index in [0.29, 0.717) is 37.4 Å². The molecule has 1 aliphatic heterocycles. The molecule has 1 aliphatic rings. The molecular formula is C14H18N4O3S. The molecule has 2 rings (SSSR count). The summed E-state index contributed by atoms with van der Waals surface area (Å²) in [6.45, 7) is 2.12. The summed E-state index contributed by atoms with van der Waals surface area (Å²) in [6.07, 6.45) is -0.133. The van der Waals surface area contributed by atoms with Crippen molar-refractivity contribution in [3.05, 3.63) is 29.8 Å². The molecule has 0 aromatic heterocycles. The number of sulfonamides is 1. The average Bonchev–Trinajstić information content (AvgIpc) is 2.54. The zero-order valence-corrected chi connectivity index (χ0v) is 12.9. The van der Waals surface area contributed by atoms with E-state index in [1.165, 1.54) is 4.31 Å². The second kappa shape index (κ2) is 7.35. The van der Waals surface area contributed by atoms with Crippen LogP contribution in [0.2, 0.25) is 0 Å². The van der Waals surface area contributed by atoms with Crippen LogP contribution in [0, 0.1) is 11.3 Å². The van der Waals surface area contributed by atoms with Crippen molar-refractivity contribution >= 4 is 21.6 Å². The Morgan fingerprint density at radius 3 is 2.68 bits per heavy atom. The SMILES string of the molecule is N#Cc1ccccc1NC(=O)CCS(=O)(=O)N1CCNCC1. The number of anilines is 1. The number of nitrogens with one attached hydrogen (secondary N) is 2. The summed E-state index contributed by atoms with van der Waals surface area (Å²) in [7, 11) is -3.42. The van der Waals surface area contributed by atoms with Gasteiger partial charge in [0.25, 0.3) is 0 Å². The van der Waals surface area contributed by atoms with Crippen LogP contribution in [0.25, 0.3) is 0 Å². The molecule has 2 N–H and O–H groups in total. The van der Waals surface area contributed by atoms with Crippen molar-refractivity contribution < 1.29 is 13.2 Å². The number of carbonyl (C=O) groups is 1. The summed E-state index contributed by atoms with van der Waals surface area (Å²) >= 11 is 0. The third-order valence-electron chi connectivity index (χ3n) is 3.38. The van der Waals surface area contributed by atoms with Gasteiger partial charge in [0.1, 0.15) is 6.07 Å². The number of rotatable bonds is 5. The first-order valence-corrected chi connectivity index (χ1v) is 8.61. The van der Waals surface area contributed by atoms with Gasteiger partial charge in [-0.1, -0.05) is 12.1 Å². The van der Waals surface area contributed by atoms with Crippen LogP contribution in [0.5, 0.6) is 0 Å². The van der Waals surface area contributed by atoms with Gasteiger partial charge in [-0.3, -0.25) is 4.79 Å². The number of amides is 1. The molecule has 0 bridgehead atoms. The lowest BCUT2D eigenvalue weighted by Crippen LogP contribution is -2.47. The largest absolute Gasteiger partial charge is 0.325 e. The van der Waals surface area contributed by atoms with Crippen LogP contribution >= 0.6 is 0 Å². The number of benzene rings is 1. The lowest BCUT2D eigenvalue weighted by Gasteiger charge is -2.26. The van der Waals surface area contributed by atoms with Crippen LogP contribution in [0.15, 0.2) is 24.3 Å². The van der Waals surface area contributed by atoms with Crippen molar-refractivity contribution in [1.29, 1.82) is 5.26 Å². The minimum Gasteiger partial charge on any atom is -0.325 e. The van der Waals surface area contributed by atoms with Gasteiger partial charge in [0.15, 0.2) is 0 Å². The minimum absolute atomic E-state index is 0.133. The van der Waals surface area contributed by atoms with Crippen LogP contribution in [0.4, 0.5) is 5.69 Å². The molecular weight excluding hydrogens is 304 g/mol. The Morgan fingerprint density at radius 1 is 1.32 bits per heavy atom. The highest BCUT2D eigenvalue weighted by atomic mass is 32.2. The second-order valence-electron chi connectivity index (χ2n) is 4.92. The Kier molecular flexibility index (Phi) is 5.49. The fraction of sp³-hybridized carbons (Fsp3) is 0.429. The van der Waals surface area contributed by atoms with Crippen LogP contribution < -0.4 is 10.6 Å². The van der Waals surface area contributed by atoms with E-state index in [9.17, 15) is 13.2 Å². The Labute approximate surface area is 130 Å². The normalized spacial score (nSPS) is 16.0. The van der Waals surface area contributed by atoms with E-state index in [2.05, 4.69) is 10.6 Å². The maximum Gasteiger partial charge on any atom is 0.225 e. The fourth-order valence-electron chi connectivity index (χ4n) is 2.18. The fourth-order valence-corrected chi connectivity index (χ4v) is 3.62. The van der Waals surface area contributed by atoms with Crippen molar-refractivity contribution in [3.63, 3.8) is 0 Å². The molecule has 118 valence electrons. The molecule has 0 saturated carbocycles. The highest BCUT2D eigenvalue weighted by Crippen LogP contribution is 2.14. The van der Waals surface area contributed by atoms with E-state index in [0.717, 1.165) is 0 Å². The third-order valence-corrected chi connectivity index (χ3v) is 5.25. The molecule has 1 amide bonds. The number of carbonyl (C=O) groups excluding carboxylic acids is 1. The van der Waals surface area contributed by atoms with Gasteiger partial charge in [-0.25, -0.2) is 8.42 Å². The van der Waals surface area contributed by atoms with Crippen LogP contribution in [0.1, 0.15) is 12.0 Å².